The second-order valence-electron chi connectivity index (χ2n) is 6.02. The zero-order chi connectivity index (χ0) is 17.4. The molecule has 1 aliphatic heterocycles. The van der Waals surface area contributed by atoms with Crippen molar-refractivity contribution >= 4 is 17.7 Å². The monoisotopic (exact) mass is 331 g/mol. The number of nitrogens with one attached hydrogen (secondary N) is 2. The summed E-state index contributed by atoms with van der Waals surface area (Å²) in [6.45, 7) is 3.32. The zero-order valence-corrected chi connectivity index (χ0v) is 14.1. The highest BCUT2D eigenvalue weighted by molar-refractivity contribution is 5.96. The molecule has 1 aromatic rings. The number of nitrogens with zero attached hydrogens (tertiary/aromatic N) is 1. The van der Waals surface area contributed by atoms with Gasteiger partial charge in [0.1, 0.15) is 0 Å². The topological polar surface area (TPSA) is 78.5 Å². The summed E-state index contributed by atoms with van der Waals surface area (Å²) in [6, 6.07) is 8.87. The second-order valence-corrected chi connectivity index (χ2v) is 6.02. The Hall–Kier alpha value is -2.37. The van der Waals surface area contributed by atoms with Gasteiger partial charge in [-0.15, -0.1) is 0 Å². The summed E-state index contributed by atoms with van der Waals surface area (Å²) in [7, 11) is 0. The summed E-state index contributed by atoms with van der Waals surface area (Å²) in [5.74, 6) is -0.263. The van der Waals surface area contributed by atoms with E-state index in [0.717, 1.165) is 19.3 Å². The van der Waals surface area contributed by atoms with E-state index < -0.39 is 0 Å². The third-order valence-electron chi connectivity index (χ3n) is 4.12. The third-order valence-corrected chi connectivity index (χ3v) is 4.12. The van der Waals surface area contributed by atoms with Crippen molar-refractivity contribution in [2.24, 2.45) is 0 Å². The van der Waals surface area contributed by atoms with Gasteiger partial charge in [-0.2, -0.15) is 0 Å². The van der Waals surface area contributed by atoms with Crippen LogP contribution in [0.4, 0.5) is 0 Å². The number of hydrogen-bond donors (Lipinski definition) is 2. The summed E-state index contributed by atoms with van der Waals surface area (Å²) in [5, 5.41) is 5.54. The maximum Gasteiger partial charge on any atom is 0.251 e. The molecule has 24 heavy (non-hydrogen) atoms. The van der Waals surface area contributed by atoms with Gasteiger partial charge in [-0.1, -0.05) is 25.1 Å². The van der Waals surface area contributed by atoms with Crippen LogP contribution in [0.5, 0.6) is 0 Å². The molecular weight excluding hydrogens is 306 g/mol. The maximum atomic E-state index is 12.0. The molecule has 0 aromatic heterocycles. The summed E-state index contributed by atoms with van der Waals surface area (Å²) < 4.78 is 0. The number of benzene rings is 1. The number of amides is 3. The summed E-state index contributed by atoms with van der Waals surface area (Å²) >= 11 is 0. The largest absolute Gasteiger partial charge is 0.352 e. The fourth-order valence-electron chi connectivity index (χ4n) is 2.78. The first-order chi connectivity index (χ1) is 11.6. The van der Waals surface area contributed by atoms with Gasteiger partial charge in [0, 0.05) is 31.1 Å². The number of rotatable bonds is 6. The van der Waals surface area contributed by atoms with E-state index in [4.69, 9.17) is 0 Å². The van der Waals surface area contributed by atoms with Gasteiger partial charge in [-0.05, 0) is 31.4 Å². The van der Waals surface area contributed by atoms with Crippen LogP contribution in [0.2, 0.25) is 0 Å². The Morgan fingerprint density at radius 1 is 1.12 bits per heavy atom. The smallest absolute Gasteiger partial charge is 0.251 e. The highest BCUT2D eigenvalue weighted by Crippen LogP contribution is 2.12. The summed E-state index contributed by atoms with van der Waals surface area (Å²) in [5.41, 5.74) is 0.535. The Bertz CT molecular complexity index is 566. The number of likely N-dealkylation sites (tertiary alicyclic amines) is 1. The molecule has 130 valence electrons. The van der Waals surface area contributed by atoms with Gasteiger partial charge >= 0.3 is 0 Å². The van der Waals surface area contributed by atoms with Crippen molar-refractivity contribution in [2.45, 2.75) is 38.6 Å². The van der Waals surface area contributed by atoms with Crippen molar-refractivity contribution in [3.8, 4) is 0 Å². The average Bonchev–Trinajstić information content (AvgIpc) is 2.61. The lowest BCUT2D eigenvalue weighted by Gasteiger charge is -2.32. The lowest BCUT2D eigenvalue weighted by Crippen LogP contribution is -2.48. The molecule has 1 saturated heterocycles. The van der Waals surface area contributed by atoms with Crippen molar-refractivity contribution in [3.05, 3.63) is 35.9 Å². The Labute approximate surface area is 142 Å². The normalized spacial score (nSPS) is 15.0. The first-order valence-electron chi connectivity index (χ1n) is 8.50. The standard InChI is InChI=1S/C18H25N3O3/c1-2-6-17(23)21-11-9-15(10-12-21)20-16(22)13-19-18(24)14-7-4-3-5-8-14/h3-5,7-8,15H,2,6,9-13H2,1H3,(H,19,24)(H,20,22). The minimum Gasteiger partial charge on any atom is -0.352 e. The zero-order valence-electron chi connectivity index (χ0n) is 14.1. The first kappa shape index (κ1) is 18.0. The predicted molar refractivity (Wildman–Crippen MR) is 91.4 cm³/mol. The van der Waals surface area contributed by atoms with Crippen molar-refractivity contribution in [3.63, 3.8) is 0 Å². The van der Waals surface area contributed by atoms with Crippen LogP contribution in [0.25, 0.3) is 0 Å². The van der Waals surface area contributed by atoms with Gasteiger partial charge < -0.3 is 15.5 Å². The molecule has 0 bridgehead atoms. The van der Waals surface area contributed by atoms with Gasteiger partial charge in [0.05, 0.1) is 6.54 Å². The number of hydrogen-bond acceptors (Lipinski definition) is 3. The highest BCUT2D eigenvalue weighted by atomic mass is 16.2. The molecule has 0 radical (unpaired) electrons. The molecule has 0 aliphatic carbocycles. The average molecular weight is 331 g/mol. The van der Waals surface area contributed by atoms with Crippen LogP contribution in [-0.2, 0) is 9.59 Å². The van der Waals surface area contributed by atoms with Crippen molar-refractivity contribution in [2.75, 3.05) is 19.6 Å². The molecule has 1 fully saturated rings. The van der Waals surface area contributed by atoms with E-state index in [1.165, 1.54) is 0 Å². The molecule has 2 rings (SSSR count). The van der Waals surface area contributed by atoms with E-state index in [-0.39, 0.29) is 30.3 Å². The molecule has 2 N–H and O–H groups in total. The van der Waals surface area contributed by atoms with Crippen molar-refractivity contribution in [1.29, 1.82) is 0 Å². The van der Waals surface area contributed by atoms with Crippen LogP contribution in [0, 0.1) is 0 Å². The molecule has 0 spiro atoms. The van der Waals surface area contributed by atoms with Crippen LogP contribution in [-0.4, -0.2) is 48.3 Å². The fraction of sp³-hybridized carbons (Fsp3) is 0.500. The van der Waals surface area contributed by atoms with Gasteiger partial charge in [0.2, 0.25) is 11.8 Å². The van der Waals surface area contributed by atoms with Crippen LogP contribution in [0.15, 0.2) is 30.3 Å². The molecule has 1 aromatic carbocycles. The number of carbonyl (C=O) groups is 3. The molecule has 0 atom stereocenters. The molecule has 6 nitrogen and oxygen atoms in total. The molecule has 3 amide bonds. The van der Waals surface area contributed by atoms with Crippen LogP contribution >= 0.6 is 0 Å². The minimum atomic E-state index is -0.259. The SMILES string of the molecule is CCCC(=O)N1CCC(NC(=O)CNC(=O)c2ccccc2)CC1. The molecule has 0 saturated carbocycles. The Morgan fingerprint density at radius 2 is 1.79 bits per heavy atom. The van der Waals surface area contributed by atoms with Crippen LogP contribution in [0.3, 0.4) is 0 Å². The Kier molecular flexibility index (Phi) is 6.78. The lowest BCUT2D eigenvalue weighted by atomic mass is 10.0. The van der Waals surface area contributed by atoms with E-state index in [1.54, 1.807) is 24.3 Å². The third kappa shape index (κ3) is 5.37. The van der Waals surface area contributed by atoms with Crippen molar-refractivity contribution < 1.29 is 14.4 Å². The molecule has 1 aliphatic rings. The van der Waals surface area contributed by atoms with Crippen molar-refractivity contribution in [1.82, 2.24) is 15.5 Å². The van der Waals surface area contributed by atoms with Gasteiger partial charge in [-0.3, -0.25) is 14.4 Å². The summed E-state index contributed by atoms with van der Waals surface area (Å²) in [4.78, 5) is 37.5. The first-order valence-corrected chi connectivity index (χ1v) is 8.50. The molecule has 0 unspecified atom stereocenters. The van der Waals surface area contributed by atoms with Crippen LogP contribution in [0.1, 0.15) is 43.0 Å². The van der Waals surface area contributed by atoms with E-state index in [9.17, 15) is 14.4 Å². The number of piperidine rings is 1. The Morgan fingerprint density at radius 3 is 2.42 bits per heavy atom. The lowest BCUT2D eigenvalue weighted by molar-refractivity contribution is -0.132. The predicted octanol–water partition coefficient (Wildman–Crippen LogP) is 1.32. The number of carbonyl (C=O) groups excluding carboxylic acids is 3. The van der Waals surface area contributed by atoms with E-state index in [0.29, 0.717) is 25.1 Å². The van der Waals surface area contributed by atoms with E-state index in [2.05, 4.69) is 10.6 Å². The molecule has 6 heteroatoms. The van der Waals surface area contributed by atoms with E-state index >= 15 is 0 Å². The van der Waals surface area contributed by atoms with Gasteiger partial charge in [0.15, 0.2) is 0 Å². The van der Waals surface area contributed by atoms with Gasteiger partial charge in [0.25, 0.3) is 5.91 Å². The fourth-order valence-corrected chi connectivity index (χ4v) is 2.78. The molecule has 1 heterocycles. The minimum absolute atomic E-state index is 0.0390. The summed E-state index contributed by atoms with van der Waals surface area (Å²) in [6.07, 6.45) is 2.96. The second kappa shape index (κ2) is 9.05. The molecular formula is C18H25N3O3. The highest BCUT2D eigenvalue weighted by Gasteiger charge is 2.23. The van der Waals surface area contributed by atoms with Crippen LogP contribution < -0.4 is 10.6 Å². The Balaban J connectivity index is 1.68. The quantitative estimate of drug-likeness (QED) is 0.825. The van der Waals surface area contributed by atoms with E-state index in [1.807, 2.05) is 17.9 Å². The maximum absolute atomic E-state index is 12.0. The van der Waals surface area contributed by atoms with Gasteiger partial charge in [-0.25, -0.2) is 0 Å².